The van der Waals surface area contributed by atoms with E-state index in [4.69, 9.17) is 18.5 Å². The molecule has 4 N–H and O–H groups in total. The van der Waals surface area contributed by atoms with Gasteiger partial charge in [-0.05, 0) is 85.7 Å². The molecule has 2 amide bonds. The van der Waals surface area contributed by atoms with Crippen LogP contribution in [0.3, 0.4) is 0 Å². The third-order valence-corrected chi connectivity index (χ3v) is 12.9. The summed E-state index contributed by atoms with van der Waals surface area (Å²) in [5.41, 5.74) is 0.431. The van der Waals surface area contributed by atoms with E-state index in [9.17, 15) is 36.9 Å². The molecule has 0 aliphatic carbocycles. The van der Waals surface area contributed by atoms with Crippen LogP contribution in [0.15, 0.2) is 94.7 Å². The van der Waals surface area contributed by atoms with Crippen molar-refractivity contribution in [3.63, 3.8) is 0 Å². The number of sulfone groups is 1. The molecule has 2 unspecified atom stereocenters. The van der Waals surface area contributed by atoms with Gasteiger partial charge in [-0.2, -0.15) is 0 Å². The fourth-order valence-corrected chi connectivity index (χ4v) is 9.51. The van der Waals surface area contributed by atoms with Crippen molar-refractivity contribution in [3.05, 3.63) is 96.1 Å². The number of carbonyl (C=O) groups excluding carboxylic acids is 2. The standard InChI is InChI=1S/C36H36N2O12P2S/c1-5-49-51(41,42)31-19-27-28-20-32(52(43,44)50-6-2)30(38-36(40)18-12-24-9-15-26(48-4)16-10-24)22-34(28)53(45,46)33(27)21-29(31)37-35(39)17-11-23-7-13-25(47-3)14-8-23/h7-22H,5-6H2,1-4H3,(H,37,39)(H,38,40)(H,41,42)(H,43,44). The predicted molar refractivity (Wildman–Crippen MR) is 201 cm³/mol. The zero-order chi connectivity index (χ0) is 38.6. The maximum atomic E-state index is 14.1. The number of hydrogen-bond donors (Lipinski definition) is 4. The molecule has 0 saturated carbocycles. The van der Waals surface area contributed by atoms with Gasteiger partial charge in [0.05, 0.1) is 59.2 Å². The van der Waals surface area contributed by atoms with Crippen molar-refractivity contribution in [2.75, 3.05) is 38.1 Å². The summed E-state index contributed by atoms with van der Waals surface area (Å²) in [6.07, 6.45) is 5.26. The van der Waals surface area contributed by atoms with Gasteiger partial charge >= 0.3 is 15.2 Å². The number of methoxy groups -OCH3 is 2. The highest BCUT2D eigenvalue weighted by Crippen LogP contribution is 2.52. The van der Waals surface area contributed by atoms with Gasteiger partial charge in [0.25, 0.3) is 0 Å². The van der Waals surface area contributed by atoms with Crippen molar-refractivity contribution in [2.24, 2.45) is 0 Å². The van der Waals surface area contributed by atoms with E-state index in [1.54, 1.807) is 48.5 Å². The number of carbonyl (C=O) groups is 2. The highest BCUT2D eigenvalue weighted by molar-refractivity contribution is 7.92. The molecule has 5 rings (SSSR count). The number of hydrogen-bond acceptors (Lipinski definition) is 10. The second kappa shape index (κ2) is 16.0. The van der Waals surface area contributed by atoms with E-state index >= 15 is 0 Å². The highest BCUT2D eigenvalue weighted by Gasteiger charge is 2.40. The molecule has 278 valence electrons. The average molecular weight is 783 g/mol. The number of amides is 2. The number of rotatable bonds is 14. The number of benzene rings is 4. The quantitative estimate of drug-likeness (QED) is 0.0813. The molecule has 14 nitrogen and oxygen atoms in total. The Bertz CT molecular complexity index is 2170. The monoisotopic (exact) mass is 782 g/mol. The van der Waals surface area contributed by atoms with E-state index < -0.39 is 47.5 Å². The smallest absolute Gasteiger partial charge is 0.360 e. The molecule has 0 radical (unpaired) electrons. The molecule has 53 heavy (non-hydrogen) atoms. The summed E-state index contributed by atoms with van der Waals surface area (Å²) < 4.78 is 75.6. The molecule has 0 saturated heterocycles. The lowest BCUT2D eigenvalue weighted by Crippen LogP contribution is -2.19. The van der Waals surface area contributed by atoms with Crippen LogP contribution in [0.25, 0.3) is 23.3 Å². The van der Waals surface area contributed by atoms with Crippen LogP contribution in [-0.2, 0) is 37.6 Å². The van der Waals surface area contributed by atoms with E-state index in [1.807, 2.05) is 0 Å². The second-order valence-corrected chi connectivity index (χ2v) is 16.8. The summed E-state index contributed by atoms with van der Waals surface area (Å²) in [6.45, 7) is 2.55. The SMILES string of the molecule is CCOP(=O)(O)c1cc2c(cc1NC(=O)C=Cc1ccc(OC)cc1)S(=O)(=O)c1cc(NC(=O)C=Cc3ccc(OC)cc3)c(P(=O)(O)OCC)cc1-2. The third kappa shape index (κ3) is 8.69. The van der Waals surface area contributed by atoms with Gasteiger partial charge in [-0.25, -0.2) is 8.42 Å². The van der Waals surface area contributed by atoms with Crippen LogP contribution < -0.4 is 30.7 Å². The van der Waals surface area contributed by atoms with Gasteiger partial charge in [-0.3, -0.25) is 18.7 Å². The molecule has 4 aromatic carbocycles. The Morgan fingerprint density at radius 1 is 0.660 bits per heavy atom. The number of nitrogens with one attached hydrogen (secondary N) is 2. The van der Waals surface area contributed by atoms with Gasteiger partial charge < -0.3 is 38.9 Å². The molecule has 17 heteroatoms. The van der Waals surface area contributed by atoms with Crippen LogP contribution in [0.1, 0.15) is 25.0 Å². The first-order chi connectivity index (χ1) is 25.1. The molecule has 0 spiro atoms. The van der Waals surface area contributed by atoms with Gasteiger partial charge in [-0.15, -0.1) is 0 Å². The van der Waals surface area contributed by atoms with Crippen LogP contribution in [-0.4, -0.2) is 57.5 Å². The first-order valence-electron chi connectivity index (χ1n) is 16.0. The molecule has 2 atom stereocenters. The molecule has 4 aromatic rings. The van der Waals surface area contributed by atoms with Crippen molar-refractivity contribution in [1.82, 2.24) is 0 Å². The maximum absolute atomic E-state index is 14.1. The topological polar surface area (TPSA) is 204 Å². The molecule has 0 fully saturated rings. The maximum Gasteiger partial charge on any atom is 0.360 e. The predicted octanol–water partition coefficient (Wildman–Crippen LogP) is 5.52. The Morgan fingerprint density at radius 3 is 1.34 bits per heavy atom. The average Bonchev–Trinajstić information content (AvgIpc) is 3.34. The number of fused-ring (bicyclic) bond motifs is 3. The fourth-order valence-electron chi connectivity index (χ4n) is 5.40. The zero-order valence-corrected chi connectivity index (χ0v) is 31.5. The van der Waals surface area contributed by atoms with Crippen LogP contribution in [0.2, 0.25) is 0 Å². The van der Waals surface area contributed by atoms with Crippen molar-refractivity contribution in [2.45, 2.75) is 23.6 Å². The highest BCUT2D eigenvalue weighted by atomic mass is 32.2. The Hall–Kier alpha value is -4.85. The summed E-state index contributed by atoms with van der Waals surface area (Å²) in [4.78, 5) is 47.2. The lowest BCUT2D eigenvalue weighted by Gasteiger charge is -2.18. The summed E-state index contributed by atoms with van der Waals surface area (Å²) in [5.74, 6) is -0.290. The molecule has 0 bridgehead atoms. The minimum Gasteiger partial charge on any atom is -0.497 e. The minimum atomic E-state index is -4.68. The normalized spacial score (nSPS) is 15.3. The molecular formula is C36H36N2O12P2S. The first-order valence-corrected chi connectivity index (χ1v) is 20.6. The first kappa shape index (κ1) is 39.4. The van der Waals surface area contributed by atoms with Gasteiger partial charge in [-0.1, -0.05) is 24.3 Å². The minimum absolute atomic E-state index is 0.106. The van der Waals surface area contributed by atoms with Crippen LogP contribution in [0.4, 0.5) is 11.4 Å². The van der Waals surface area contributed by atoms with Crippen molar-refractivity contribution in [1.29, 1.82) is 0 Å². The van der Waals surface area contributed by atoms with E-state index in [-0.39, 0.29) is 45.5 Å². The van der Waals surface area contributed by atoms with Gasteiger partial charge in [0, 0.05) is 23.3 Å². The molecular weight excluding hydrogens is 746 g/mol. The molecule has 1 aliphatic heterocycles. The Labute approximate surface area is 306 Å². The molecule has 1 heterocycles. The summed E-state index contributed by atoms with van der Waals surface area (Å²) in [5, 5.41) is 4.12. The van der Waals surface area contributed by atoms with E-state index in [0.29, 0.717) is 22.6 Å². The van der Waals surface area contributed by atoms with Gasteiger partial charge in [0.2, 0.25) is 21.7 Å². The Kier molecular flexibility index (Phi) is 11.9. The lowest BCUT2D eigenvalue weighted by atomic mass is 10.0. The number of anilines is 2. The fraction of sp³-hybridized carbons (Fsp3) is 0.167. The number of ether oxygens (including phenoxy) is 2. The van der Waals surface area contributed by atoms with Gasteiger partial charge in [0.15, 0.2) is 0 Å². The summed E-state index contributed by atoms with van der Waals surface area (Å²) in [6, 6.07) is 17.8. The van der Waals surface area contributed by atoms with E-state index in [0.717, 1.165) is 36.4 Å². The van der Waals surface area contributed by atoms with Crippen LogP contribution >= 0.6 is 15.2 Å². The summed E-state index contributed by atoms with van der Waals surface area (Å²) in [7, 11) is -10.8. The van der Waals surface area contributed by atoms with Crippen molar-refractivity contribution < 1.29 is 55.4 Å². The van der Waals surface area contributed by atoms with E-state index in [2.05, 4.69) is 10.6 Å². The molecule has 1 aliphatic rings. The lowest BCUT2D eigenvalue weighted by molar-refractivity contribution is -0.112. The van der Waals surface area contributed by atoms with Crippen molar-refractivity contribution in [3.8, 4) is 22.6 Å². The van der Waals surface area contributed by atoms with Crippen molar-refractivity contribution >= 4 is 71.0 Å². The largest absolute Gasteiger partial charge is 0.497 e. The molecule has 0 aromatic heterocycles. The van der Waals surface area contributed by atoms with Crippen LogP contribution in [0, 0.1) is 0 Å². The second-order valence-electron chi connectivity index (χ2n) is 11.3. The zero-order valence-electron chi connectivity index (χ0n) is 28.9. The third-order valence-electron chi connectivity index (χ3n) is 7.88. The van der Waals surface area contributed by atoms with Crippen LogP contribution in [0.5, 0.6) is 11.5 Å². The Morgan fingerprint density at radius 2 is 1.02 bits per heavy atom. The summed E-state index contributed by atoms with van der Waals surface area (Å²) >= 11 is 0. The van der Waals surface area contributed by atoms with E-state index in [1.165, 1.54) is 40.2 Å². The van der Waals surface area contributed by atoms with Gasteiger partial charge in [0.1, 0.15) is 11.5 Å². The Balaban J connectivity index is 1.58.